The molecule has 0 saturated carbocycles. The Morgan fingerprint density at radius 1 is 1.38 bits per heavy atom. The molecule has 1 amide bonds. The highest BCUT2D eigenvalue weighted by molar-refractivity contribution is 7.99. The summed E-state index contributed by atoms with van der Waals surface area (Å²) in [5.74, 6) is 2.04. The Bertz CT molecular complexity index is 451. The number of methoxy groups -OCH3 is 1. The maximum absolute atomic E-state index is 11.9. The highest BCUT2D eigenvalue weighted by Gasteiger charge is 2.07. The molecule has 0 aliphatic heterocycles. The number of thioether (sulfide) groups is 1. The molecule has 0 spiro atoms. The van der Waals surface area contributed by atoms with Crippen LogP contribution in [0.1, 0.15) is 13.8 Å². The van der Waals surface area contributed by atoms with Crippen LogP contribution >= 0.6 is 11.8 Å². The van der Waals surface area contributed by atoms with E-state index in [2.05, 4.69) is 24.1 Å². The van der Waals surface area contributed by atoms with E-state index >= 15 is 0 Å². The fourth-order valence-corrected chi connectivity index (χ4v) is 2.66. The highest BCUT2D eigenvalue weighted by Crippen LogP contribution is 2.24. The molecule has 5 nitrogen and oxygen atoms in total. The third-order valence-electron chi connectivity index (χ3n) is 3.21. The molecule has 21 heavy (non-hydrogen) atoms. The number of anilines is 2. The van der Waals surface area contributed by atoms with Crippen molar-refractivity contribution in [3.8, 4) is 5.75 Å². The lowest BCUT2D eigenvalue weighted by molar-refractivity contribution is -0.113. The van der Waals surface area contributed by atoms with Crippen LogP contribution in [0, 0.1) is 0 Å². The molecule has 0 atom stereocenters. The average molecular weight is 311 g/mol. The number of carbonyl (C=O) groups is 1. The van der Waals surface area contributed by atoms with Crippen molar-refractivity contribution in [1.29, 1.82) is 0 Å². The first kappa shape index (κ1) is 17.7. The molecule has 0 saturated heterocycles. The molecule has 6 heteroatoms. The Hall–Kier alpha value is -1.40. The monoisotopic (exact) mass is 311 g/mol. The summed E-state index contributed by atoms with van der Waals surface area (Å²) in [6.45, 7) is 7.40. The molecule has 118 valence electrons. The van der Waals surface area contributed by atoms with Gasteiger partial charge in [0.2, 0.25) is 5.91 Å². The van der Waals surface area contributed by atoms with Crippen molar-refractivity contribution in [3.63, 3.8) is 0 Å². The summed E-state index contributed by atoms with van der Waals surface area (Å²) in [4.78, 5) is 14.2. The predicted molar refractivity (Wildman–Crippen MR) is 91.1 cm³/mol. The molecule has 0 aromatic heterocycles. The molecular formula is C15H25N3O2S. The molecule has 0 bridgehead atoms. The summed E-state index contributed by atoms with van der Waals surface area (Å²) < 4.78 is 5.08. The van der Waals surface area contributed by atoms with Gasteiger partial charge in [-0.2, -0.15) is 11.8 Å². The molecular weight excluding hydrogens is 286 g/mol. The molecule has 3 N–H and O–H groups in total. The second-order valence-electron chi connectivity index (χ2n) is 4.58. The minimum atomic E-state index is -0.0311. The van der Waals surface area contributed by atoms with Crippen molar-refractivity contribution in [1.82, 2.24) is 4.90 Å². The summed E-state index contributed by atoms with van der Waals surface area (Å²) in [5.41, 5.74) is 7.01. The number of nitrogen functional groups attached to an aromatic ring is 1. The van der Waals surface area contributed by atoms with Gasteiger partial charge < -0.3 is 20.7 Å². The van der Waals surface area contributed by atoms with Crippen molar-refractivity contribution < 1.29 is 9.53 Å². The molecule has 0 aliphatic rings. The SMILES string of the molecule is CCN(CC)CCSCC(=O)Nc1ccc(OC)cc1N. The van der Waals surface area contributed by atoms with E-state index < -0.39 is 0 Å². The van der Waals surface area contributed by atoms with E-state index in [1.54, 1.807) is 37.1 Å². The van der Waals surface area contributed by atoms with Crippen LogP contribution in [-0.2, 0) is 4.79 Å². The Morgan fingerprint density at radius 3 is 2.67 bits per heavy atom. The first-order valence-corrected chi connectivity index (χ1v) is 8.29. The van der Waals surface area contributed by atoms with Gasteiger partial charge in [0.15, 0.2) is 0 Å². The fraction of sp³-hybridized carbons (Fsp3) is 0.533. The van der Waals surface area contributed by atoms with Crippen molar-refractivity contribution in [2.24, 2.45) is 0 Å². The van der Waals surface area contributed by atoms with E-state index in [-0.39, 0.29) is 5.91 Å². The zero-order chi connectivity index (χ0) is 15.7. The summed E-state index contributed by atoms with van der Waals surface area (Å²) in [7, 11) is 1.58. The van der Waals surface area contributed by atoms with Gasteiger partial charge in [0, 0.05) is 18.4 Å². The van der Waals surface area contributed by atoms with Crippen LogP contribution in [0.3, 0.4) is 0 Å². The summed E-state index contributed by atoms with van der Waals surface area (Å²) in [6.07, 6.45) is 0. The van der Waals surface area contributed by atoms with E-state index in [1.165, 1.54) is 0 Å². The Morgan fingerprint density at radius 2 is 2.10 bits per heavy atom. The number of nitrogens with zero attached hydrogens (tertiary/aromatic N) is 1. The second kappa shape index (κ2) is 9.52. The first-order chi connectivity index (χ1) is 10.1. The number of benzene rings is 1. The van der Waals surface area contributed by atoms with Gasteiger partial charge in [0.1, 0.15) is 5.75 Å². The molecule has 1 rings (SSSR count). The largest absolute Gasteiger partial charge is 0.497 e. The van der Waals surface area contributed by atoms with Crippen molar-refractivity contribution in [3.05, 3.63) is 18.2 Å². The Labute approximate surface area is 131 Å². The van der Waals surface area contributed by atoms with Crippen LogP contribution in [0.5, 0.6) is 5.75 Å². The smallest absolute Gasteiger partial charge is 0.234 e. The van der Waals surface area contributed by atoms with Crippen LogP contribution in [0.25, 0.3) is 0 Å². The molecule has 0 aliphatic carbocycles. The van der Waals surface area contributed by atoms with Crippen molar-refractivity contribution in [2.75, 3.05) is 49.3 Å². The number of nitrogens with one attached hydrogen (secondary N) is 1. The number of amides is 1. The molecule has 1 aromatic carbocycles. The van der Waals surface area contributed by atoms with E-state index in [0.717, 1.165) is 25.4 Å². The zero-order valence-electron chi connectivity index (χ0n) is 13.0. The van der Waals surface area contributed by atoms with Gasteiger partial charge in [-0.15, -0.1) is 0 Å². The topological polar surface area (TPSA) is 67.6 Å². The molecule has 0 fully saturated rings. The standard InChI is InChI=1S/C15H25N3O2S/c1-4-18(5-2)8-9-21-11-15(19)17-14-7-6-12(20-3)10-13(14)16/h6-7,10H,4-5,8-9,11,16H2,1-3H3,(H,17,19). The summed E-state index contributed by atoms with van der Waals surface area (Å²) >= 11 is 1.63. The van der Waals surface area contributed by atoms with Crippen molar-refractivity contribution >= 4 is 29.0 Å². The van der Waals surface area contributed by atoms with E-state index in [9.17, 15) is 4.79 Å². The van der Waals surface area contributed by atoms with E-state index in [4.69, 9.17) is 10.5 Å². The number of carbonyl (C=O) groups excluding carboxylic acids is 1. The molecule has 0 radical (unpaired) electrons. The predicted octanol–water partition coefficient (Wildman–Crippen LogP) is 2.29. The van der Waals surface area contributed by atoms with Gasteiger partial charge >= 0.3 is 0 Å². The normalized spacial score (nSPS) is 10.7. The third kappa shape index (κ3) is 6.27. The number of rotatable bonds is 9. The maximum Gasteiger partial charge on any atom is 0.234 e. The van der Waals surface area contributed by atoms with Gasteiger partial charge in [-0.1, -0.05) is 13.8 Å². The van der Waals surface area contributed by atoms with Gasteiger partial charge in [-0.05, 0) is 25.2 Å². The van der Waals surface area contributed by atoms with Gasteiger partial charge in [0.25, 0.3) is 0 Å². The highest BCUT2D eigenvalue weighted by atomic mass is 32.2. The quantitative estimate of drug-likeness (QED) is 0.541. The van der Waals surface area contributed by atoms with Crippen LogP contribution < -0.4 is 15.8 Å². The maximum atomic E-state index is 11.9. The van der Waals surface area contributed by atoms with Crippen LogP contribution in [0.4, 0.5) is 11.4 Å². The lowest BCUT2D eigenvalue weighted by Gasteiger charge is -2.17. The van der Waals surface area contributed by atoms with Crippen LogP contribution in [0.15, 0.2) is 18.2 Å². The Balaban J connectivity index is 2.34. The fourth-order valence-electron chi connectivity index (χ4n) is 1.87. The van der Waals surface area contributed by atoms with Crippen LogP contribution in [0.2, 0.25) is 0 Å². The van der Waals surface area contributed by atoms with E-state index in [0.29, 0.717) is 22.9 Å². The third-order valence-corrected chi connectivity index (χ3v) is 4.15. The molecule has 1 aromatic rings. The number of hydrogen-bond acceptors (Lipinski definition) is 5. The van der Waals surface area contributed by atoms with Gasteiger partial charge in [0.05, 0.1) is 24.2 Å². The van der Waals surface area contributed by atoms with Gasteiger partial charge in [-0.25, -0.2) is 0 Å². The molecule has 0 unspecified atom stereocenters. The minimum absolute atomic E-state index is 0.0311. The van der Waals surface area contributed by atoms with Crippen molar-refractivity contribution in [2.45, 2.75) is 13.8 Å². The number of hydrogen-bond donors (Lipinski definition) is 2. The zero-order valence-corrected chi connectivity index (χ0v) is 13.8. The lowest BCUT2D eigenvalue weighted by atomic mass is 10.2. The molecule has 0 heterocycles. The summed E-state index contributed by atoms with van der Waals surface area (Å²) in [5, 5.41) is 2.82. The lowest BCUT2D eigenvalue weighted by Crippen LogP contribution is -2.26. The van der Waals surface area contributed by atoms with Crippen LogP contribution in [-0.4, -0.2) is 49.1 Å². The average Bonchev–Trinajstić information content (AvgIpc) is 2.49. The first-order valence-electron chi connectivity index (χ1n) is 7.14. The number of nitrogens with two attached hydrogens (primary N) is 1. The van der Waals surface area contributed by atoms with Gasteiger partial charge in [-0.3, -0.25) is 4.79 Å². The number of ether oxygens (including phenoxy) is 1. The second-order valence-corrected chi connectivity index (χ2v) is 5.69. The Kier molecular flexibility index (Phi) is 8.00. The van der Waals surface area contributed by atoms with E-state index in [1.807, 2.05) is 0 Å². The summed E-state index contributed by atoms with van der Waals surface area (Å²) in [6, 6.07) is 5.23. The minimum Gasteiger partial charge on any atom is -0.497 e.